The Kier molecular flexibility index (Phi) is 5.44. The van der Waals surface area contributed by atoms with E-state index in [4.69, 9.17) is 5.11 Å². The number of carbonyl (C=O) groups excluding carboxylic acids is 1. The molecule has 0 saturated carbocycles. The number of aliphatic carboxylic acids is 1. The normalized spacial score (nSPS) is 14.2. The lowest BCUT2D eigenvalue weighted by Crippen LogP contribution is -2.38. The molecule has 2 aromatic heterocycles. The number of anilines is 1. The van der Waals surface area contributed by atoms with E-state index >= 15 is 0 Å². The molecule has 3 N–H and O–H groups in total. The number of hydrogen-bond acceptors (Lipinski definition) is 6. The van der Waals surface area contributed by atoms with Gasteiger partial charge in [0.05, 0.1) is 5.39 Å². The quantitative estimate of drug-likeness (QED) is 0.575. The van der Waals surface area contributed by atoms with E-state index in [1.54, 1.807) is 29.8 Å². The third kappa shape index (κ3) is 4.07. The van der Waals surface area contributed by atoms with Crippen LogP contribution in [0.5, 0.6) is 0 Å². The molecule has 1 atom stereocenters. The van der Waals surface area contributed by atoms with Crippen LogP contribution in [0.15, 0.2) is 30.6 Å². The molecule has 1 amide bonds. The Labute approximate surface area is 172 Å². The van der Waals surface area contributed by atoms with E-state index in [0.717, 1.165) is 34.4 Å². The van der Waals surface area contributed by atoms with Gasteiger partial charge in [-0.05, 0) is 55.9 Å². The number of hydrogen-bond donors (Lipinski definition) is 3. The van der Waals surface area contributed by atoms with Crippen LogP contribution in [0.2, 0.25) is 0 Å². The average Bonchev–Trinajstić information content (AvgIpc) is 3.11. The summed E-state index contributed by atoms with van der Waals surface area (Å²) in [6.45, 7) is 2.01. The van der Waals surface area contributed by atoms with E-state index < -0.39 is 17.9 Å². The summed E-state index contributed by atoms with van der Waals surface area (Å²) in [4.78, 5) is 34.3. The Bertz CT molecular complexity index is 1060. The molecule has 8 heteroatoms. The number of amides is 1. The van der Waals surface area contributed by atoms with Gasteiger partial charge in [-0.2, -0.15) is 0 Å². The first-order chi connectivity index (χ1) is 14.0. The number of carboxylic acid groups (broad SMARTS) is 1. The number of aryl methyl sites for hydroxylation is 2. The maximum atomic E-state index is 12.1. The van der Waals surface area contributed by atoms with Crippen molar-refractivity contribution in [3.63, 3.8) is 0 Å². The lowest BCUT2D eigenvalue weighted by Gasteiger charge is -2.13. The molecular weight excluding hydrogens is 388 g/mol. The predicted molar refractivity (Wildman–Crippen MR) is 112 cm³/mol. The Morgan fingerprint density at radius 3 is 2.69 bits per heavy atom. The molecule has 4 rings (SSSR count). The second-order valence-electron chi connectivity index (χ2n) is 7.20. The van der Waals surface area contributed by atoms with Gasteiger partial charge in [0.2, 0.25) is 0 Å². The molecule has 0 saturated heterocycles. The predicted octanol–water partition coefficient (Wildman–Crippen LogP) is 3.39. The summed E-state index contributed by atoms with van der Waals surface area (Å²) in [6.07, 6.45) is 6.25. The Morgan fingerprint density at radius 2 is 1.93 bits per heavy atom. The number of nitrogens with one attached hydrogen (secondary N) is 2. The summed E-state index contributed by atoms with van der Waals surface area (Å²) in [5.74, 6) is -0.612. The molecule has 3 aromatic rings. The standard InChI is InChI=1S/C21H22N4O3S/c1-12(21(27)28)25-19(26)14-8-6-13(7-9-14)10-22-18-17-15-4-2-3-5-16(15)29-20(17)24-11-23-18/h6-9,11-12H,2-5,10H2,1H3,(H,25,26)(H,27,28)(H,22,23,24). The van der Waals surface area contributed by atoms with Gasteiger partial charge in [0.15, 0.2) is 0 Å². The first-order valence-electron chi connectivity index (χ1n) is 9.64. The van der Waals surface area contributed by atoms with Crippen molar-refractivity contribution in [2.45, 2.75) is 45.2 Å². The molecule has 0 radical (unpaired) electrons. The number of benzene rings is 1. The van der Waals surface area contributed by atoms with Crippen molar-refractivity contribution >= 4 is 39.2 Å². The molecule has 2 heterocycles. The highest BCUT2D eigenvalue weighted by Crippen LogP contribution is 2.38. The Balaban J connectivity index is 1.46. The monoisotopic (exact) mass is 410 g/mol. The van der Waals surface area contributed by atoms with Crippen molar-refractivity contribution in [3.8, 4) is 0 Å². The van der Waals surface area contributed by atoms with Crippen LogP contribution in [-0.4, -0.2) is 33.0 Å². The molecule has 1 aromatic carbocycles. The van der Waals surface area contributed by atoms with Crippen LogP contribution in [0, 0.1) is 0 Å². The van der Waals surface area contributed by atoms with Crippen molar-refractivity contribution in [2.75, 3.05) is 5.32 Å². The van der Waals surface area contributed by atoms with Crippen molar-refractivity contribution in [1.29, 1.82) is 0 Å². The van der Waals surface area contributed by atoms with E-state index in [1.807, 2.05) is 12.1 Å². The van der Waals surface area contributed by atoms with Crippen molar-refractivity contribution < 1.29 is 14.7 Å². The third-order valence-electron chi connectivity index (χ3n) is 5.15. The van der Waals surface area contributed by atoms with Crippen molar-refractivity contribution in [2.24, 2.45) is 0 Å². The highest BCUT2D eigenvalue weighted by atomic mass is 32.1. The number of fused-ring (bicyclic) bond motifs is 3. The lowest BCUT2D eigenvalue weighted by molar-refractivity contribution is -0.138. The summed E-state index contributed by atoms with van der Waals surface area (Å²) in [6, 6.07) is 6.18. The molecule has 0 bridgehead atoms. The van der Waals surface area contributed by atoms with Gasteiger partial charge in [0.25, 0.3) is 5.91 Å². The first kappa shape index (κ1) is 19.3. The topological polar surface area (TPSA) is 104 Å². The van der Waals surface area contributed by atoms with Crippen LogP contribution in [0.4, 0.5) is 5.82 Å². The molecule has 0 fully saturated rings. The van der Waals surface area contributed by atoms with Crippen LogP contribution in [0.25, 0.3) is 10.2 Å². The van der Waals surface area contributed by atoms with Crippen LogP contribution < -0.4 is 10.6 Å². The van der Waals surface area contributed by atoms with Gasteiger partial charge in [-0.15, -0.1) is 11.3 Å². The lowest BCUT2D eigenvalue weighted by atomic mass is 9.97. The molecule has 29 heavy (non-hydrogen) atoms. The fourth-order valence-corrected chi connectivity index (χ4v) is 4.75. The van der Waals surface area contributed by atoms with E-state index in [0.29, 0.717) is 12.1 Å². The smallest absolute Gasteiger partial charge is 0.325 e. The minimum absolute atomic E-state index is 0.401. The third-order valence-corrected chi connectivity index (χ3v) is 6.35. The van der Waals surface area contributed by atoms with Crippen molar-refractivity contribution in [3.05, 3.63) is 52.2 Å². The fourth-order valence-electron chi connectivity index (χ4n) is 3.53. The molecule has 1 unspecified atom stereocenters. The highest BCUT2D eigenvalue weighted by molar-refractivity contribution is 7.19. The second-order valence-corrected chi connectivity index (χ2v) is 8.28. The van der Waals surface area contributed by atoms with Gasteiger partial charge in [-0.3, -0.25) is 9.59 Å². The summed E-state index contributed by atoms with van der Waals surface area (Å²) < 4.78 is 0. The maximum absolute atomic E-state index is 12.1. The zero-order valence-electron chi connectivity index (χ0n) is 16.1. The van der Waals surface area contributed by atoms with E-state index in [9.17, 15) is 9.59 Å². The van der Waals surface area contributed by atoms with Gasteiger partial charge in [-0.25, -0.2) is 9.97 Å². The van der Waals surface area contributed by atoms with Crippen LogP contribution in [-0.2, 0) is 24.2 Å². The van der Waals surface area contributed by atoms with E-state index in [-0.39, 0.29) is 0 Å². The van der Waals surface area contributed by atoms with Crippen LogP contribution in [0.3, 0.4) is 0 Å². The van der Waals surface area contributed by atoms with Crippen molar-refractivity contribution in [1.82, 2.24) is 15.3 Å². The molecule has 150 valence electrons. The van der Waals surface area contributed by atoms with Crippen LogP contribution in [0.1, 0.15) is 46.1 Å². The average molecular weight is 410 g/mol. The summed E-state index contributed by atoms with van der Waals surface area (Å²) in [5, 5.41) is 15.9. The largest absolute Gasteiger partial charge is 0.480 e. The minimum atomic E-state index is -1.06. The number of carboxylic acids is 1. The van der Waals surface area contributed by atoms with Gasteiger partial charge < -0.3 is 15.7 Å². The summed E-state index contributed by atoms with van der Waals surface area (Å²) in [5.41, 5.74) is 2.82. The van der Waals surface area contributed by atoms with E-state index in [1.165, 1.54) is 30.2 Å². The zero-order valence-corrected chi connectivity index (χ0v) is 16.9. The molecule has 1 aliphatic rings. The van der Waals surface area contributed by atoms with Gasteiger partial charge in [0, 0.05) is 17.0 Å². The zero-order chi connectivity index (χ0) is 20.4. The van der Waals surface area contributed by atoms with Gasteiger partial charge in [-0.1, -0.05) is 12.1 Å². The Morgan fingerprint density at radius 1 is 1.17 bits per heavy atom. The van der Waals surface area contributed by atoms with Crippen LogP contribution >= 0.6 is 11.3 Å². The minimum Gasteiger partial charge on any atom is -0.480 e. The number of thiophene rings is 1. The van der Waals surface area contributed by atoms with Gasteiger partial charge >= 0.3 is 5.97 Å². The number of carbonyl (C=O) groups is 2. The fraction of sp³-hybridized carbons (Fsp3) is 0.333. The first-order valence-corrected chi connectivity index (χ1v) is 10.5. The molecule has 0 aliphatic heterocycles. The molecule has 0 spiro atoms. The highest BCUT2D eigenvalue weighted by Gasteiger charge is 2.20. The molecule has 7 nitrogen and oxygen atoms in total. The maximum Gasteiger partial charge on any atom is 0.325 e. The Hall–Kier alpha value is -3.00. The summed E-state index contributed by atoms with van der Waals surface area (Å²) in [7, 11) is 0. The van der Waals surface area contributed by atoms with E-state index in [2.05, 4.69) is 20.6 Å². The second kappa shape index (κ2) is 8.16. The summed E-state index contributed by atoms with van der Waals surface area (Å²) >= 11 is 1.77. The molecule has 1 aliphatic carbocycles. The number of aromatic nitrogens is 2. The SMILES string of the molecule is CC(NC(=O)c1ccc(CNc2ncnc3sc4c(c23)CCCC4)cc1)C(=O)O. The van der Waals surface area contributed by atoms with Gasteiger partial charge in [0.1, 0.15) is 23.0 Å². The molecular formula is C21H22N4O3S. The number of rotatable bonds is 6. The number of nitrogens with zero attached hydrogens (tertiary/aromatic N) is 2.